The van der Waals surface area contributed by atoms with E-state index >= 15 is 0 Å². The number of aromatic nitrogens is 2. The molecule has 1 N–H and O–H groups in total. The minimum atomic E-state index is -1.23. The van der Waals surface area contributed by atoms with E-state index in [1.807, 2.05) is 0 Å². The summed E-state index contributed by atoms with van der Waals surface area (Å²) >= 11 is 11.0. The first kappa shape index (κ1) is 11.3. The summed E-state index contributed by atoms with van der Waals surface area (Å²) in [5, 5.41) is -0.634. The molecule has 0 aliphatic rings. The van der Waals surface area contributed by atoms with Gasteiger partial charge in [-0.05, 0) is 6.07 Å². The van der Waals surface area contributed by atoms with E-state index in [-0.39, 0.29) is 22.6 Å². The van der Waals surface area contributed by atoms with Crippen LogP contribution in [0, 0.1) is 11.6 Å². The Balaban J connectivity index is 2.96. The third-order valence-electron chi connectivity index (χ3n) is 2.01. The van der Waals surface area contributed by atoms with Gasteiger partial charge in [0.2, 0.25) is 0 Å². The van der Waals surface area contributed by atoms with Gasteiger partial charge in [0, 0.05) is 0 Å². The van der Waals surface area contributed by atoms with Crippen LogP contribution in [0.15, 0.2) is 10.9 Å². The lowest BCUT2D eigenvalue weighted by Crippen LogP contribution is -2.12. The summed E-state index contributed by atoms with van der Waals surface area (Å²) in [5.74, 6) is -2.33. The minimum Gasteiger partial charge on any atom is -0.309 e. The number of rotatable bonds is 1. The molecule has 3 nitrogen and oxygen atoms in total. The van der Waals surface area contributed by atoms with Crippen LogP contribution in [0.4, 0.5) is 8.78 Å². The zero-order valence-corrected chi connectivity index (χ0v) is 9.16. The van der Waals surface area contributed by atoms with Gasteiger partial charge < -0.3 is 4.98 Å². The second-order valence-electron chi connectivity index (χ2n) is 3.03. The highest BCUT2D eigenvalue weighted by Gasteiger charge is 2.15. The van der Waals surface area contributed by atoms with Crippen LogP contribution in [0.3, 0.4) is 0 Å². The maximum absolute atomic E-state index is 13.1. The summed E-state index contributed by atoms with van der Waals surface area (Å²) in [6.07, 6.45) is 0. The molecule has 16 heavy (non-hydrogen) atoms. The van der Waals surface area contributed by atoms with E-state index in [0.29, 0.717) is 0 Å². The van der Waals surface area contributed by atoms with Crippen LogP contribution < -0.4 is 5.56 Å². The van der Waals surface area contributed by atoms with Crippen LogP contribution in [0.1, 0.15) is 5.82 Å². The summed E-state index contributed by atoms with van der Waals surface area (Å²) in [6, 6.07) is 0.750. The fourth-order valence-corrected chi connectivity index (χ4v) is 1.65. The van der Waals surface area contributed by atoms with Gasteiger partial charge in [-0.15, -0.1) is 11.6 Å². The first-order chi connectivity index (χ1) is 7.54. The molecule has 0 atom stereocenters. The molecule has 0 saturated carbocycles. The highest BCUT2D eigenvalue weighted by Crippen LogP contribution is 2.25. The molecular weight excluding hydrogens is 261 g/mol. The fraction of sp³-hybridized carbons (Fsp3) is 0.111. The van der Waals surface area contributed by atoms with Gasteiger partial charge in [0.15, 0.2) is 11.6 Å². The fourth-order valence-electron chi connectivity index (χ4n) is 1.29. The van der Waals surface area contributed by atoms with Crippen molar-refractivity contribution < 1.29 is 8.78 Å². The molecule has 1 aromatic heterocycles. The van der Waals surface area contributed by atoms with E-state index < -0.39 is 22.2 Å². The number of nitrogens with one attached hydrogen (secondary N) is 1. The van der Waals surface area contributed by atoms with Crippen molar-refractivity contribution in [2.75, 3.05) is 0 Å². The molecule has 1 heterocycles. The smallest absolute Gasteiger partial charge is 0.258 e. The number of hydrogen-bond acceptors (Lipinski definition) is 2. The second kappa shape index (κ2) is 3.99. The summed E-state index contributed by atoms with van der Waals surface area (Å²) in [6.45, 7) is 0. The standard InChI is InChI=1S/C9H4Cl2F2N2O/c10-2-5-14-8-3(9(16)15-5)1-4(12)7(13)6(8)11/h1H,2H2,(H,14,15,16). The Kier molecular flexibility index (Phi) is 2.82. The third-order valence-corrected chi connectivity index (χ3v) is 2.61. The highest BCUT2D eigenvalue weighted by molar-refractivity contribution is 6.35. The molecule has 1 aromatic carbocycles. The van der Waals surface area contributed by atoms with Gasteiger partial charge in [-0.3, -0.25) is 4.79 Å². The molecule has 7 heteroatoms. The Labute approximate surface area is 98.0 Å². The van der Waals surface area contributed by atoms with Crippen LogP contribution in [0.2, 0.25) is 5.02 Å². The van der Waals surface area contributed by atoms with Crippen LogP contribution in [-0.2, 0) is 5.88 Å². The van der Waals surface area contributed by atoms with Crippen molar-refractivity contribution in [3.63, 3.8) is 0 Å². The molecule has 0 unspecified atom stereocenters. The zero-order chi connectivity index (χ0) is 11.9. The largest absolute Gasteiger partial charge is 0.309 e. The van der Waals surface area contributed by atoms with Crippen molar-refractivity contribution in [3.05, 3.63) is 38.9 Å². The normalized spacial score (nSPS) is 11.0. The lowest BCUT2D eigenvalue weighted by atomic mass is 10.2. The van der Waals surface area contributed by atoms with Gasteiger partial charge >= 0.3 is 0 Å². The number of alkyl halides is 1. The van der Waals surface area contributed by atoms with E-state index in [2.05, 4.69) is 9.97 Å². The number of aromatic amines is 1. The van der Waals surface area contributed by atoms with E-state index in [0.717, 1.165) is 6.07 Å². The quantitative estimate of drug-likeness (QED) is 0.636. The molecule has 0 spiro atoms. The molecule has 2 rings (SSSR count). The topological polar surface area (TPSA) is 45.8 Å². The molecule has 0 aliphatic heterocycles. The molecule has 0 aliphatic carbocycles. The van der Waals surface area contributed by atoms with E-state index in [1.165, 1.54) is 0 Å². The Hall–Kier alpha value is -1.20. The molecule has 84 valence electrons. The van der Waals surface area contributed by atoms with Crippen LogP contribution in [0.5, 0.6) is 0 Å². The highest BCUT2D eigenvalue weighted by atomic mass is 35.5. The van der Waals surface area contributed by atoms with Crippen LogP contribution in [-0.4, -0.2) is 9.97 Å². The molecule has 2 aromatic rings. The first-order valence-electron chi connectivity index (χ1n) is 4.17. The zero-order valence-electron chi connectivity index (χ0n) is 7.65. The van der Waals surface area contributed by atoms with Gasteiger partial charge in [-0.25, -0.2) is 13.8 Å². The second-order valence-corrected chi connectivity index (χ2v) is 3.67. The Bertz CT molecular complexity index is 627. The van der Waals surface area contributed by atoms with Gasteiger partial charge in [-0.2, -0.15) is 0 Å². The predicted molar refractivity (Wildman–Crippen MR) is 56.8 cm³/mol. The third kappa shape index (κ3) is 1.66. The average molecular weight is 265 g/mol. The maximum Gasteiger partial charge on any atom is 0.258 e. The van der Waals surface area contributed by atoms with Crippen molar-refractivity contribution in [1.82, 2.24) is 9.97 Å². The number of H-pyrrole nitrogens is 1. The first-order valence-corrected chi connectivity index (χ1v) is 5.08. The minimum absolute atomic E-state index is 0.0551. The molecule has 0 saturated heterocycles. The Morgan fingerprint density at radius 3 is 2.75 bits per heavy atom. The van der Waals surface area contributed by atoms with Crippen molar-refractivity contribution in [1.29, 1.82) is 0 Å². The lowest BCUT2D eigenvalue weighted by Gasteiger charge is -2.03. The van der Waals surface area contributed by atoms with Crippen molar-refractivity contribution in [2.45, 2.75) is 5.88 Å². The van der Waals surface area contributed by atoms with Crippen LogP contribution in [0.25, 0.3) is 10.9 Å². The van der Waals surface area contributed by atoms with E-state index in [4.69, 9.17) is 23.2 Å². The Morgan fingerprint density at radius 1 is 1.44 bits per heavy atom. The lowest BCUT2D eigenvalue weighted by molar-refractivity contribution is 0.511. The Morgan fingerprint density at radius 2 is 2.12 bits per heavy atom. The predicted octanol–water partition coefficient (Wildman–Crippen LogP) is 2.59. The summed E-state index contributed by atoms with van der Waals surface area (Å²) < 4.78 is 26.1. The van der Waals surface area contributed by atoms with Crippen molar-refractivity contribution in [3.8, 4) is 0 Å². The SMILES string of the molecule is O=c1[nH]c(CCl)nc2c(Cl)c(F)c(F)cc12. The van der Waals surface area contributed by atoms with Crippen molar-refractivity contribution in [2.24, 2.45) is 0 Å². The summed E-state index contributed by atoms with van der Waals surface area (Å²) in [4.78, 5) is 17.6. The number of halogens is 4. The summed E-state index contributed by atoms with van der Waals surface area (Å²) in [5.41, 5.74) is -0.707. The van der Waals surface area contributed by atoms with Crippen LogP contribution >= 0.6 is 23.2 Å². The number of nitrogens with zero attached hydrogens (tertiary/aromatic N) is 1. The van der Waals surface area contributed by atoms with Gasteiger partial charge in [0.1, 0.15) is 10.8 Å². The number of hydrogen-bond donors (Lipinski definition) is 1. The van der Waals surface area contributed by atoms with Crippen molar-refractivity contribution >= 4 is 34.1 Å². The molecule has 0 fully saturated rings. The molecule has 0 amide bonds. The van der Waals surface area contributed by atoms with Gasteiger partial charge in [0.25, 0.3) is 5.56 Å². The molecular formula is C9H4Cl2F2N2O. The monoisotopic (exact) mass is 264 g/mol. The maximum atomic E-state index is 13.1. The van der Waals surface area contributed by atoms with Gasteiger partial charge in [-0.1, -0.05) is 11.6 Å². The molecule has 0 bridgehead atoms. The summed E-state index contributed by atoms with van der Waals surface area (Å²) in [7, 11) is 0. The average Bonchev–Trinajstić information content (AvgIpc) is 2.27. The molecule has 0 radical (unpaired) electrons. The number of fused-ring (bicyclic) bond motifs is 1. The van der Waals surface area contributed by atoms with E-state index in [1.54, 1.807) is 0 Å². The number of benzene rings is 1. The van der Waals surface area contributed by atoms with E-state index in [9.17, 15) is 13.6 Å². The van der Waals surface area contributed by atoms with Gasteiger partial charge in [0.05, 0.1) is 16.8 Å².